The normalized spacial score (nSPS) is 12.2. The maximum atomic E-state index is 11.7. The summed E-state index contributed by atoms with van der Waals surface area (Å²) in [4.78, 5) is 23.2. The van der Waals surface area contributed by atoms with Crippen molar-refractivity contribution in [2.45, 2.75) is 26.3 Å². The van der Waals surface area contributed by atoms with Crippen molar-refractivity contribution < 1.29 is 4.79 Å². The minimum Gasteiger partial charge on any atom is -0.299 e. The highest BCUT2D eigenvalue weighted by molar-refractivity contribution is 7.07. The second kappa shape index (κ2) is 6.02. The van der Waals surface area contributed by atoms with E-state index < -0.39 is 0 Å². The van der Waals surface area contributed by atoms with Crippen LogP contribution in [0.5, 0.6) is 0 Å². The van der Waals surface area contributed by atoms with Gasteiger partial charge >= 0.3 is 4.87 Å². The van der Waals surface area contributed by atoms with Crippen molar-refractivity contribution in [1.29, 1.82) is 0 Å². The number of rotatable bonds is 4. The van der Waals surface area contributed by atoms with Gasteiger partial charge in [-0.2, -0.15) is 0 Å². The molecule has 5 nitrogen and oxygen atoms in total. The third-order valence-corrected chi connectivity index (χ3v) is 4.21. The Morgan fingerprint density at radius 2 is 2.05 bits per heavy atom. The number of nitrogens with one attached hydrogen (secondary N) is 1. The SMILES string of the molecule is Cc1csc(=O)n1Cc1ccc(C(C)C(=O)NN)cc1. The van der Waals surface area contributed by atoms with E-state index in [0.717, 1.165) is 16.8 Å². The first kappa shape index (κ1) is 14.5. The average Bonchev–Trinajstić information content (AvgIpc) is 2.78. The number of thiazole rings is 1. The molecule has 0 spiro atoms. The lowest BCUT2D eigenvalue weighted by Gasteiger charge is -2.11. The molecule has 0 saturated heterocycles. The van der Waals surface area contributed by atoms with E-state index >= 15 is 0 Å². The van der Waals surface area contributed by atoms with Crippen LogP contribution in [0, 0.1) is 6.92 Å². The smallest absolute Gasteiger partial charge is 0.299 e. The Hall–Kier alpha value is -1.92. The topological polar surface area (TPSA) is 77.1 Å². The third kappa shape index (κ3) is 2.97. The molecule has 2 aromatic rings. The molecule has 1 unspecified atom stereocenters. The fourth-order valence-electron chi connectivity index (χ4n) is 1.97. The minimum atomic E-state index is -0.292. The molecular weight excluding hydrogens is 274 g/mol. The maximum Gasteiger partial charge on any atom is 0.307 e. The van der Waals surface area contributed by atoms with E-state index in [2.05, 4.69) is 5.43 Å². The van der Waals surface area contributed by atoms with Crippen LogP contribution >= 0.6 is 11.3 Å². The average molecular weight is 291 g/mol. The van der Waals surface area contributed by atoms with Gasteiger partial charge in [0.05, 0.1) is 12.5 Å². The lowest BCUT2D eigenvalue weighted by molar-refractivity contribution is -0.122. The first-order valence-corrected chi connectivity index (χ1v) is 7.15. The predicted molar refractivity (Wildman–Crippen MR) is 79.6 cm³/mol. The van der Waals surface area contributed by atoms with Crippen LogP contribution in [0.25, 0.3) is 0 Å². The van der Waals surface area contributed by atoms with Gasteiger partial charge in [-0.1, -0.05) is 35.6 Å². The quantitative estimate of drug-likeness (QED) is 0.507. The highest BCUT2D eigenvalue weighted by Crippen LogP contribution is 2.16. The van der Waals surface area contributed by atoms with Gasteiger partial charge in [0, 0.05) is 11.1 Å². The first-order valence-electron chi connectivity index (χ1n) is 6.27. The van der Waals surface area contributed by atoms with Crippen molar-refractivity contribution in [2.24, 2.45) is 5.84 Å². The number of aryl methyl sites for hydroxylation is 1. The molecule has 20 heavy (non-hydrogen) atoms. The summed E-state index contributed by atoms with van der Waals surface area (Å²) in [5.74, 6) is 4.62. The maximum absolute atomic E-state index is 11.7. The first-order chi connectivity index (χ1) is 9.52. The van der Waals surface area contributed by atoms with Gasteiger partial charge in [-0.15, -0.1) is 0 Å². The molecule has 3 N–H and O–H groups in total. The van der Waals surface area contributed by atoms with Crippen LogP contribution in [-0.2, 0) is 11.3 Å². The molecule has 0 fully saturated rings. The van der Waals surface area contributed by atoms with Crippen LogP contribution in [0.15, 0.2) is 34.4 Å². The molecule has 2 rings (SSSR count). The van der Waals surface area contributed by atoms with Crippen molar-refractivity contribution in [3.63, 3.8) is 0 Å². The molecule has 0 saturated carbocycles. The Bertz CT molecular complexity index is 658. The van der Waals surface area contributed by atoms with Crippen LogP contribution in [0.2, 0.25) is 0 Å². The third-order valence-electron chi connectivity index (χ3n) is 3.33. The summed E-state index contributed by atoms with van der Waals surface area (Å²) in [7, 11) is 0. The standard InChI is InChI=1S/C14H17N3O2S/c1-9-8-20-14(19)17(9)7-11-3-5-12(6-4-11)10(2)13(18)16-15/h3-6,8,10H,7,15H2,1-2H3,(H,16,18). The summed E-state index contributed by atoms with van der Waals surface area (Å²) < 4.78 is 1.73. The van der Waals surface area contributed by atoms with E-state index in [1.165, 1.54) is 11.3 Å². The van der Waals surface area contributed by atoms with Gasteiger partial charge in [0.1, 0.15) is 0 Å². The molecule has 1 atom stereocenters. The van der Waals surface area contributed by atoms with Crippen LogP contribution < -0.4 is 16.1 Å². The Labute approximate surface area is 121 Å². The second-order valence-corrected chi connectivity index (χ2v) is 5.52. The zero-order chi connectivity index (χ0) is 14.7. The van der Waals surface area contributed by atoms with Gasteiger partial charge in [0.2, 0.25) is 5.91 Å². The number of aromatic nitrogens is 1. The van der Waals surface area contributed by atoms with Crippen molar-refractivity contribution >= 4 is 17.2 Å². The zero-order valence-corrected chi connectivity index (χ0v) is 12.2. The Balaban J connectivity index is 2.17. The number of carbonyl (C=O) groups excluding carboxylic acids is 1. The van der Waals surface area contributed by atoms with E-state index in [1.54, 1.807) is 11.5 Å². The van der Waals surface area contributed by atoms with Gasteiger partial charge < -0.3 is 0 Å². The lowest BCUT2D eigenvalue weighted by atomic mass is 9.99. The molecule has 1 heterocycles. The summed E-state index contributed by atoms with van der Waals surface area (Å²) >= 11 is 1.21. The number of hydrogen-bond acceptors (Lipinski definition) is 4. The molecule has 106 valence electrons. The fraction of sp³-hybridized carbons (Fsp3) is 0.286. The molecule has 1 amide bonds. The van der Waals surface area contributed by atoms with E-state index in [9.17, 15) is 9.59 Å². The Kier molecular flexibility index (Phi) is 4.36. The Morgan fingerprint density at radius 3 is 2.55 bits per heavy atom. The van der Waals surface area contributed by atoms with Gasteiger partial charge in [-0.3, -0.25) is 19.6 Å². The molecule has 1 aromatic carbocycles. The molecule has 6 heteroatoms. The van der Waals surface area contributed by atoms with Crippen LogP contribution in [0.3, 0.4) is 0 Å². The van der Waals surface area contributed by atoms with Crippen molar-refractivity contribution in [1.82, 2.24) is 9.99 Å². The van der Waals surface area contributed by atoms with Crippen molar-refractivity contribution in [3.8, 4) is 0 Å². The number of nitrogens with zero attached hydrogens (tertiary/aromatic N) is 1. The Morgan fingerprint density at radius 1 is 1.40 bits per heavy atom. The highest BCUT2D eigenvalue weighted by atomic mass is 32.1. The van der Waals surface area contributed by atoms with Gasteiger partial charge in [-0.05, 0) is 25.0 Å². The summed E-state index contributed by atoms with van der Waals surface area (Å²) in [6.45, 7) is 4.26. The van der Waals surface area contributed by atoms with Crippen LogP contribution in [-0.4, -0.2) is 10.5 Å². The second-order valence-electron chi connectivity index (χ2n) is 4.70. The fourth-order valence-corrected chi connectivity index (χ4v) is 2.70. The zero-order valence-electron chi connectivity index (χ0n) is 11.4. The summed E-state index contributed by atoms with van der Waals surface area (Å²) in [5.41, 5.74) is 5.02. The molecular formula is C14H17N3O2S. The number of hydrazine groups is 1. The molecule has 0 bridgehead atoms. The van der Waals surface area contributed by atoms with E-state index in [-0.39, 0.29) is 16.7 Å². The minimum absolute atomic E-state index is 0.0439. The van der Waals surface area contributed by atoms with E-state index in [4.69, 9.17) is 5.84 Å². The number of nitrogens with two attached hydrogens (primary N) is 1. The van der Waals surface area contributed by atoms with Crippen LogP contribution in [0.4, 0.5) is 0 Å². The van der Waals surface area contributed by atoms with Crippen molar-refractivity contribution in [2.75, 3.05) is 0 Å². The molecule has 0 aliphatic rings. The summed E-state index contributed by atoms with van der Waals surface area (Å²) in [6.07, 6.45) is 0. The van der Waals surface area contributed by atoms with Gasteiger partial charge in [0.25, 0.3) is 0 Å². The monoisotopic (exact) mass is 291 g/mol. The van der Waals surface area contributed by atoms with Gasteiger partial charge in [0.15, 0.2) is 0 Å². The predicted octanol–water partition coefficient (Wildman–Crippen LogP) is 1.36. The lowest BCUT2D eigenvalue weighted by Crippen LogP contribution is -2.33. The number of benzene rings is 1. The number of carbonyl (C=O) groups is 1. The van der Waals surface area contributed by atoms with Gasteiger partial charge in [-0.25, -0.2) is 5.84 Å². The highest BCUT2D eigenvalue weighted by Gasteiger charge is 2.13. The number of hydrogen-bond donors (Lipinski definition) is 2. The van der Waals surface area contributed by atoms with E-state index in [0.29, 0.717) is 6.54 Å². The number of amides is 1. The largest absolute Gasteiger partial charge is 0.307 e. The molecule has 0 aliphatic heterocycles. The summed E-state index contributed by atoms with van der Waals surface area (Å²) in [6, 6.07) is 7.64. The molecule has 0 radical (unpaired) electrons. The molecule has 0 aliphatic carbocycles. The van der Waals surface area contributed by atoms with Crippen molar-refractivity contribution in [3.05, 3.63) is 56.1 Å². The summed E-state index contributed by atoms with van der Waals surface area (Å²) in [5, 5.41) is 1.85. The van der Waals surface area contributed by atoms with Crippen LogP contribution in [0.1, 0.15) is 29.7 Å². The molecule has 1 aromatic heterocycles. The van der Waals surface area contributed by atoms with E-state index in [1.807, 2.05) is 36.6 Å².